The van der Waals surface area contributed by atoms with Crippen molar-refractivity contribution in [1.29, 1.82) is 0 Å². The van der Waals surface area contributed by atoms with E-state index in [1.807, 2.05) is 17.6 Å². The maximum atomic E-state index is 14.9. The molecule has 0 radical (unpaired) electrons. The second-order valence-electron chi connectivity index (χ2n) is 10.1. The van der Waals surface area contributed by atoms with E-state index in [0.717, 1.165) is 28.6 Å². The van der Waals surface area contributed by atoms with Crippen molar-refractivity contribution < 1.29 is 27.0 Å². The molecular weight excluding hydrogens is 544 g/mol. The van der Waals surface area contributed by atoms with Crippen molar-refractivity contribution in [3.05, 3.63) is 52.6 Å². The number of pyridine rings is 1. The van der Waals surface area contributed by atoms with Crippen LogP contribution in [-0.2, 0) is 31.3 Å². The van der Waals surface area contributed by atoms with Gasteiger partial charge in [-0.3, -0.25) is 0 Å². The molecule has 0 unspecified atom stereocenters. The fourth-order valence-electron chi connectivity index (χ4n) is 3.73. The Kier molecular flexibility index (Phi) is 7.82. The molecule has 4 rings (SSSR count). The summed E-state index contributed by atoms with van der Waals surface area (Å²) in [5.74, 6) is -0.895. The monoisotopic (exact) mass is 570 g/mol. The van der Waals surface area contributed by atoms with Gasteiger partial charge in [-0.15, -0.1) is 0 Å². The van der Waals surface area contributed by atoms with Gasteiger partial charge >= 0.3 is 6.18 Å². The minimum absolute atomic E-state index is 0.0146. The van der Waals surface area contributed by atoms with E-state index in [9.17, 15) is 17.6 Å². The molecule has 0 N–H and O–H groups in total. The van der Waals surface area contributed by atoms with Crippen LogP contribution in [0.3, 0.4) is 0 Å². The zero-order chi connectivity index (χ0) is 27.8. The number of ether oxygens (including phenoxy) is 2. The molecule has 0 amide bonds. The van der Waals surface area contributed by atoms with Crippen LogP contribution in [-0.4, -0.2) is 43.8 Å². The van der Waals surface area contributed by atoms with Crippen LogP contribution in [0.1, 0.15) is 17.0 Å². The molecule has 38 heavy (non-hydrogen) atoms. The summed E-state index contributed by atoms with van der Waals surface area (Å²) in [4.78, 5) is 16.0. The van der Waals surface area contributed by atoms with Crippen molar-refractivity contribution in [3.8, 4) is 17.4 Å². The Hall–Kier alpha value is -3.03. The first kappa shape index (κ1) is 28.0. The third kappa shape index (κ3) is 6.33. The Morgan fingerprint density at radius 3 is 2.47 bits per heavy atom. The average Bonchev–Trinajstić information content (AvgIpc) is 3.33. The largest absolute Gasteiger partial charge is 0.471 e. The molecule has 0 aliphatic heterocycles. The number of alkyl halides is 3. The lowest BCUT2D eigenvalue weighted by Gasteiger charge is -2.17. The van der Waals surface area contributed by atoms with E-state index in [4.69, 9.17) is 21.1 Å². The van der Waals surface area contributed by atoms with Gasteiger partial charge in [0.05, 0.1) is 5.52 Å². The van der Waals surface area contributed by atoms with Crippen LogP contribution in [0.15, 0.2) is 24.5 Å². The summed E-state index contributed by atoms with van der Waals surface area (Å²) < 4.78 is 68.6. The number of halogens is 5. The maximum absolute atomic E-state index is 14.9. The molecule has 0 aromatic carbocycles. The van der Waals surface area contributed by atoms with E-state index in [-0.39, 0.29) is 36.0 Å². The summed E-state index contributed by atoms with van der Waals surface area (Å²) in [7, 11) is 0.0900. The van der Waals surface area contributed by atoms with Gasteiger partial charge in [-0.1, -0.05) is 19.6 Å². The highest BCUT2D eigenvalue weighted by Crippen LogP contribution is 2.31. The van der Waals surface area contributed by atoms with Crippen LogP contribution in [0.2, 0.25) is 31.0 Å². The Balaban J connectivity index is 1.55. The van der Waals surface area contributed by atoms with Gasteiger partial charge in [-0.05, 0) is 36.7 Å². The number of rotatable bonds is 9. The second-order valence-corrected chi connectivity index (χ2v) is 16.1. The van der Waals surface area contributed by atoms with Gasteiger partial charge in [-0.25, -0.2) is 19.3 Å². The first-order chi connectivity index (χ1) is 17.7. The molecular formula is C24H27ClF4N6O2Si. The lowest BCUT2D eigenvalue weighted by molar-refractivity contribution is -0.140. The van der Waals surface area contributed by atoms with Crippen LogP contribution in [0.5, 0.6) is 5.88 Å². The topological polar surface area (TPSA) is 79.9 Å². The number of aromatic nitrogens is 6. The quantitative estimate of drug-likeness (QED) is 0.103. The van der Waals surface area contributed by atoms with Crippen molar-refractivity contribution in [2.75, 3.05) is 6.61 Å². The summed E-state index contributed by atoms with van der Waals surface area (Å²) in [6.45, 7) is 9.49. The molecule has 0 fully saturated rings. The highest BCUT2D eigenvalue weighted by molar-refractivity contribution is 6.76. The van der Waals surface area contributed by atoms with E-state index >= 15 is 0 Å². The van der Waals surface area contributed by atoms with E-state index in [2.05, 4.69) is 39.6 Å². The van der Waals surface area contributed by atoms with Crippen LogP contribution >= 0.6 is 11.6 Å². The van der Waals surface area contributed by atoms with Crippen molar-refractivity contribution in [3.63, 3.8) is 0 Å². The van der Waals surface area contributed by atoms with Crippen molar-refractivity contribution in [2.45, 2.75) is 52.1 Å². The average molecular weight is 571 g/mol. The molecule has 14 heteroatoms. The molecule has 0 saturated heterocycles. The number of hydrogen-bond donors (Lipinski definition) is 0. The number of aryl methyl sites for hydroxylation is 2. The minimum atomic E-state index is -4.65. The first-order valence-corrected chi connectivity index (χ1v) is 15.8. The SMILES string of the molecule is Cc1cc2nc(Cl)nc(OCc3cnc(-c4nc(C(F)(F)F)cn4C)c(F)c3)c2n1COCC[Si](C)(C)C. The van der Waals surface area contributed by atoms with Gasteiger partial charge in [0.2, 0.25) is 11.2 Å². The molecule has 0 aliphatic rings. The smallest absolute Gasteiger partial charge is 0.434 e. The van der Waals surface area contributed by atoms with Gasteiger partial charge in [0.25, 0.3) is 0 Å². The Labute approximate surface area is 222 Å². The fourth-order valence-corrected chi connectivity index (χ4v) is 4.65. The van der Waals surface area contributed by atoms with Crippen LogP contribution in [0.25, 0.3) is 22.6 Å². The molecule has 4 aromatic rings. The summed E-state index contributed by atoms with van der Waals surface area (Å²) in [5, 5.41) is -0.0146. The van der Waals surface area contributed by atoms with Crippen LogP contribution < -0.4 is 4.74 Å². The number of hydrogen-bond acceptors (Lipinski definition) is 6. The van der Waals surface area contributed by atoms with Gasteiger partial charge in [-0.2, -0.15) is 18.2 Å². The normalized spacial score (nSPS) is 12.5. The van der Waals surface area contributed by atoms with Crippen LogP contribution in [0.4, 0.5) is 17.6 Å². The van der Waals surface area contributed by atoms with Gasteiger partial charge in [0, 0.05) is 45.4 Å². The molecule has 0 aliphatic carbocycles. The Morgan fingerprint density at radius 1 is 1.11 bits per heavy atom. The zero-order valence-corrected chi connectivity index (χ0v) is 23.3. The number of nitrogens with zero attached hydrogens (tertiary/aromatic N) is 6. The van der Waals surface area contributed by atoms with Gasteiger partial charge in [0.1, 0.15) is 24.5 Å². The molecule has 0 spiro atoms. The molecule has 0 saturated carbocycles. The van der Waals surface area contributed by atoms with E-state index < -0.39 is 25.8 Å². The number of fused-ring (bicyclic) bond motifs is 1. The van der Waals surface area contributed by atoms with E-state index in [0.29, 0.717) is 23.2 Å². The van der Waals surface area contributed by atoms with E-state index in [1.165, 1.54) is 13.2 Å². The summed E-state index contributed by atoms with van der Waals surface area (Å²) >= 11 is 6.11. The highest BCUT2D eigenvalue weighted by Gasteiger charge is 2.35. The molecule has 0 atom stereocenters. The fraction of sp³-hybridized carbons (Fsp3) is 0.417. The third-order valence-electron chi connectivity index (χ3n) is 5.76. The standard InChI is InChI=1S/C24H27ClF4N6O2Si/c1-14-8-17-20(35(14)13-36-6-7-38(3,4)5)22(33-23(25)31-17)37-12-15-9-16(26)19(30-10-15)21-32-18(11-34(21)2)24(27,28)29/h8-11H,6-7,12-13H2,1-5H3. The summed E-state index contributed by atoms with van der Waals surface area (Å²) in [5.41, 5.74) is 0.925. The minimum Gasteiger partial charge on any atom is -0.471 e. The van der Waals surface area contributed by atoms with Crippen LogP contribution in [0, 0.1) is 12.7 Å². The molecule has 8 nitrogen and oxygen atoms in total. The second kappa shape index (κ2) is 10.6. The van der Waals surface area contributed by atoms with Crippen molar-refractivity contribution in [2.24, 2.45) is 7.05 Å². The van der Waals surface area contributed by atoms with Gasteiger partial charge in [0.15, 0.2) is 17.3 Å². The van der Waals surface area contributed by atoms with Gasteiger partial charge < -0.3 is 18.6 Å². The lowest BCUT2D eigenvalue weighted by Crippen LogP contribution is -2.22. The predicted octanol–water partition coefficient (Wildman–Crippen LogP) is 6.24. The van der Waals surface area contributed by atoms with E-state index in [1.54, 1.807) is 0 Å². The predicted molar refractivity (Wildman–Crippen MR) is 137 cm³/mol. The lowest BCUT2D eigenvalue weighted by atomic mass is 10.2. The Morgan fingerprint density at radius 2 is 1.84 bits per heavy atom. The van der Waals surface area contributed by atoms with Crippen molar-refractivity contribution >= 4 is 30.7 Å². The molecule has 204 valence electrons. The molecule has 0 bridgehead atoms. The van der Waals surface area contributed by atoms with Crippen molar-refractivity contribution in [1.82, 2.24) is 29.1 Å². The molecule has 4 aromatic heterocycles. The summed E-state index contributed by atoms with van der Waals surface area (Å²) in [6.07, 6.45) is -2.56. The highest BCUT2D eigenvalue weighted by atomic mass is 35.5. The Bertz CT molecular complexity index is 1470. The molecule has 4 heterocycles. The maximum Gasteiger partial charge on any atom is 0.434 e. The first-order valence-electron chi connectivity index (χ1n) is 11.7. The third-order valence-corrected chi connectivity index (χ3v) is 7.63. The zero-order valence-electron chi connectivity index (χ0n) is 21.5. The number of imidazole rings is 1. The summed E-state index contributed by atoms with van der Waals surface area (Å²) in [6, 6.07) is 3.99.